The van der Waals surface area contributed by atoms with Gasteiger partial charge in [0.1, 0.15) is 12.2 Å². The largest absolute Gasteiger partial charge is 0.481 e. The first kappa shape index (κ1) is 47.5. The van der Waals surface area contributed by atoms with Crippen LogP contribution in [0.25, 0.3) is 0 Å². The number of rotatable bonds is 12. The van der Waals surface area contributed by atoms with E-state index in [-0.39, 0.29) is 51.0 Å². The number of carboxylic acids is 1. The first-order chi connectivity index (χ1) is 28.5. The first-order valence-electron chi connectivity index (χ1n) is 24.6. The van der Waals surface area contributed by atoms with Crippen LogP contribution in [0.15, 0.2) is 51.2 Å². The van der Waals surface area contributed by atoms with Crippen LogP contribution >= 0.6 is 0 Å². The summed E-state index contributed by atoms with van der Waals surface area (Å²) in [6.07, 6.45) is 24.7. The summed E-state index contributed by atoms with van der Waals surface area (Å²) in [6.45, 7) is 32.5. The van der Waals surface area contributed by atoms with Gasteiger partial charge < -0.3 is 9.84 Å². The van der Waals surface area contributed by atoms with Gasteiger partial charge in [-0.05, 0) is 179 Å². The lowest BCUT2D eigenvalue weighted by Gasteiger charge is -2.75. The number of aliphatic imine (C=N–C) groups is 1. The molecule has 11 unspecified atom stereocenters. The molecule has 0 aliphatic heterocycles. The monoisotopic (exact) mass is 837 g/mol. The molecule has 6 rings (SSSR count). The minimum absolute atomic E-state index is 0.104. The van der Waals surface area contributed by atoms with Crippen LogP contribution < -0.4 is 0 Å². The van der Waals surface area contributed by atoms with Crippen LogP contribution in [0, 0.1) is 84.7 Å². The van der Waals surface area contributed by atoms with Gasteiger partial charge in [-0.1, -0.05) is 105 Å². The molecule has 0 aromatic heterocycles. The van der Waals surface area contributed by atoms with E-state index < -0.39 is 11.4 Å². The van der Waals surface area contributed by atoms with E-state index in [1.807, 2.05) is 18.6 Å². The predicted molar refractivity (Wildman–Crippen MR) is 250 cm³/mol. The second-order valence-corrected chi connectivity index (χ2v) is 23.7. The minimum Gasteiger partial charge on any atom is -0.481 e. The molecule has 0 amide bonds. The standard InChI is InChI=1S/C55H84N2O4/c1-15-22-55-26-20-44-51(12)23-21-45(61-46(58)32-49(8,9)48(59)60)50(10,11)43(51)19-24-52(44,13)53(55,14)27-28-54(25-18-41(35(4)5)47(54)55)31-40-30-39(29-36(6)37(40)7)42(17-3)57-34-38(16-2)33-56/h16-17,30,34-37,40,43-45H,15,18-29,31-32H2,1-14H3,(H,59,60)/b38-16-,42-17-,57-34+. The number of carbonyl (C=O) groups excluding carboxylic acids is 1. The van der Waals surface area contributed by atoms with Crippen molar-refractivity contribution >= 4 is 18.2 Å². The molecule has 0 bridgehead atoms. The molecule has 1 N–H and O–H groups in total. The number of carboxylic acid groups (broad SMARTS) is 1. The summed E-state index contributed by atoms with van der Waals surface area (Å²) in [6, 6.07) is 2.27. The highest BCUT2D eigenvalue weighted by Gasteiger charge is 2.74. The molecule has 0 heterocycles. The van der Waals surface area contributed by atoms with E-state index in [2.05, 4.69) is 94.4 Å². The van der Waals surface area contributed by atoms with Gasteiger partial charge in [-0.3, -0.25) is 14.6 Å². The SMILES string of the molecule is C\C=C(/N=C/C(C#N)=C\C)C1=CC(CC23CCC(C(C)C)=C2C2(CCC)CCC4C5(C)CCC(OC(=O)CC(C)(C)C(=O)O)C(C)(C)C5CCC4(C)C2(C)CC3)C(C)C(C)C1. The quantitative estimate of drug-likeness (QED) is 0.0913. The summed E-state index contributed by atoms with van der Waals surface area (Å²) < 4.78 is 6.29. The number of aliphatic carboxylic acids is 1. The number of nitriles is 1. The van der Waals surface area contributed by atoms with Crippen molar-refractivity contribution in [3.8, 4) is 6.07 Å². The summed E-state index contributed by atoms with van der Waals surface area (Å²) in [5, 5.41) is 19.3. The Kier molecular flexibility index (Phi) is 13.2. The van der Waals surface area contributed by atoms with E-state index in [0.29, 0.717) is 41.1 Å². The molecule has 11 atom stereocenters. The Morgan fingerprint density at radius 1 is 0.984 bits per heavy atom. The predicted octanol–water partition coefficient (Wildman–Crippen LogP) is 14.4. The number of allylic oxidation sites excluding steroid dienone is 7. The molecular formula is C55H84N2O4. The van der Waals surface area contributed by atoms with Crippen molar-refractivity contribution in [2.75, 3.05) is 0 Å². The fourth-order valence-electron chi connectivity index (χ4n) is 16.1. The summed E-state index contributed by atoms with van der Waals surface area (Å²) in [5.74, 6) is 1.88. The van der Waals surface area contributed by atoms with E-state index in [1.165, 1.54) is 69.8 Å². The molecule has 0 radical (unpaired) electrons. The van der Waals surface area contributed by atoms with Gasteiger partial charge in [-0.25, -0.2) is 0 Å². The van der Waals surface area contributed by atoms with Crippen molar-refractivity contribution in [1.29, 1.82) is 5.26 Å². The second-order valence-electron chi connectivity index (χ2n) is 23.7. The summed E-state index contributed by atoms with van der Waals surface area (Å²) >= 11 is 0. The fourth-order valence-corrected chi connectivity index (χ4v) is 16.1. The van der Waals surface area contributed by atoms with Crippen LogP contribution in [-0.2, 0) is 14.3 Å². The Morgan fingerprint density at radius 2 is 1.67 bits per heavy atom. The lowest BCUT2D eigenvalue weighted by Crippen LogP contribution is -2.68. The Labute approximate surface area is 371 Å². The van der Waals surface area contributed by atoms with E-state index in [1.54, 1.807) is 25.6 Å². The van der Waals surface area contributed by atoms with Gasteiger partial charge in [0, 0.05) is 11.6 Å². The average molecular weight is 837 g/mol. The van der Waals surface area contributed by atoms with Crippen LogP contribution in [0.5, 0.6) is 0 Å². The second kappa shape index (κ2) is 16.9. The molecular weight excluding hydrogens is 753 g/mol. The molecule has 0 aromatic carbocycles. The summed E-state index contributed by atoms with van der Waals surface area (Å²) in [4.78, 5) is 30.1. The van der Waals surface area contributed by atoms with Crippen LogP contribution in [-0.4, -0.2) is 29.4 Å². The van der Waals surface area contributed by atoms with Gasteiger partial charge in [0.2, 0.25) is 0 Å². The van der Waals surface area contributed by atoms with E-state index in [4.69, 9.17) is 9.73 Å². The molecule has 0 spiro atoms. The van der Waals surface area contributed by atoms with Crippen molar-refractivity contribution < 1.29 is 19.4 Å². The van der Waals surface area contributed by atoms with Crippen LogP contribution in [0.4, 0.5) is 0 Å². The Balaban J connectivity index is 1.36. The van der Waals surface area contributed by atoms with Gasteiger partial charge in [0.25, 0.3) is 0 Å². The van der Waals surface area contributed by atoms with E-state index >= 15 is 0 Å². The van der Waals surface area contributed by atoms with Crippen LogP contribution in [0.2, 0.25) is 0 Å². The van der Waals surface area contributed by atoms with Crippen molar-refractivity contribution in [2.24, 2.45) is 78.4 Å². The molecule has 6 aliphatic rings. The third-order valence-corrected chi connectivity index (χ3v) is 19.8. The van der Waals surface area contributed by atoms with Crippen molar-refractivity contribution in [2.45, 2.75) is 199 Å². The number of carbonyl (C=O) groups is 2. The molecule has 61 heavy (non-hydrogen) atoms. The molecule has 6 aliphatic carbocycles. The highest BCUT2D eigenvalue weighted by atomic mass is 16.5. The van der Waals surface area contributed by atoms with Gasteiger partial charge in [-0.2, -0.15) is 5.26 Å². The van der Waals surface area contributed by atoms with Crippen LogP contribution in [0.3, 0.4) is 0 Å². The third-order valence-electron chi connectivity index (χ3n) is 19.8. The van der Waals surface area contributed by atoms with Gasteiger partial charge in [-0.15, -0.1) is 0 Å². The lowest BCUT2D eigenvalue weighted by molar-refractivity contribution is -0.254. The van der Waals surface area contributed by atoms with Crippen molar-refractivity contribution in [1.82, 2.24) is 0 Å². The topological polar surface area (TPSA) is 99.8 Å². The number of nitrogens with zero attached hydrogens (tertiary/aromatic N) is 2. The Bertz CT molecular complexity index is 1920. The summed E-state index contributed by atoms with van der Waals surface area (Å²) in [7, 11) is 0. The molecule has 6 nitrogen and oxygen atoms in total. The highest BCUT2D eigenvalue weighted by Crippen LogP contribution is 2.82. The van der Waals surface area contributed by atoms with Gasteiger partial charge in [0.15, 0.2) is 0 Å². The highest BCUT2D eigenvalue weighted by molar-refractivity contribution is 5.84. The number of fused-ring (bicyclic) bond motifs is 7. The van der Waals surface area contributed by atoms with E-state index in [0.717, 1.165) is 31.4 Å². The molecule has 6 heteroatoms. The maximum atomic E-state index is 13.3. The zero-order valence-corrected chi connectivity index (χ0v) is 41.0. The molecule has 338 valence electrons. The normalized spacial score (nSPS) is 40.1. The molecule has 4 saturated carbocycles. The average Bonchev–Trinajstić information content (AvgIpc) is 3.58. The number of hydrogen-bond donors (Lipinski definition) is 1. The number of esters is 1. The van der Waals surface area contributed by atoms with Gasteiger partial charge in [0.05, 0.1) is 23.1 Å². The van der Waals surface area contributed by atoms with Crippen molar-refractivity contribution in [3.05, 3.63) is 46.2 Å². The zero-order valence-electron chi connectivity index (χ0n) is 41.0. The zero-order chi connectivity index (χ0) is 45.1. The number of ether oxygens (including phenoxy) is 1. The lowest BCUT2D eigenvalue weighted by atomic mass is 9.29. The van der Waals surface area contributed by atoms with Crippen molar-refractivity contribution in [3.63, 3.8) is 0 Å². The Hall–Kier alpha value is -2.94. The minimum atomic E-state index is -1.14. The Morgan fingerprint density at radius 3 is 2.28 bits per heavy atom. The molecule has 4 fully saturated rings. The van der Waals surface area contributed by atoms with Gasteiger partial charge >= 0.3 is 11.9 Å². The summed E-state index contributed by atoms with van der Waals surface area (Å²) in [5.41, 5.74) is 6.26. The molecule has 0 saturated heterocycles. The van der Waals surface area contributed by atoms with E-state index in [9.17, 15) is 20.0 Å². The maximum Gasteiger partial charge on any atom is 0.309 e. The third kappa shape index (κ3) is 7.58. The number of hydrogen-bond acceptors (Lipinski definition) is 5. The molecule has 0 aromatic rings. The first-order valence-corrected chi connectivity index (χ1v) is 24.6. The van der Waals surface area contributed by atoms with Crippen LogP contribution in [0.1, 0.15) is 193 Å². The smallest absolute Gasteiger partial charge is 0.309 e. The fraction of sp³-hybridized carbons (Fsp3) is 0.782. The maximum absolute atomic E-state index is 13.3.